The van der Waals surface area contributed by atoms with Crippen LogP contribution in [0.5, 0.6) is 5.75 Å². The molecule has 0 aromatic heterocycles. The quantitative estimate of drug-likeness (QED) is 0.824. The zero-order valence-corrected chi connectivity index (χ0v) is 8.71. The summed E-state index contributed by atoms with van der Waals surface area (Å²) >= 11 is 0. The maximum absolute atomic E-state index is 12.8. The van der Waals surface area contributed by atoms with Crippen molar-refractivity contribution in [3.8, 4) is 5.75 Å². The molecule has 1 saturated heterocycles. The van der Waals surface area contributed by atoms with Gasteiger partial charge in [0.1, 0.15) is 11.6 Å². The van der Waals surface area contributed by atoms with E-state index in [1.165, 1.54) is 25.0 Å². The van der Waals surface area contributed by atoms with Crippen LogP contribution >= 0.6 is 0 Å². The zero-order chi connectivity index (χ0) is 10.5. The van der Waals surface area contributed by atoms with Crippen LogP contribution in [0, 0.1) is 11.7 Å². The van der Waals surface area contributed by atoms with Crippen molar-refractivity contribution in [2.45, 2.75) is 12.8 Å². The summed E-state index contributed by atoms with van der Waals surface area (Å²) in [6.07, 6.45) is 2.40. The molecule has 3 heteroatoms. The summed E-state index contributed by atoms with van der Waals surface area (Å²) in [5, 5.41) is 3.33. The molecule has 1 heterocycles. The molecule has 2 rings (SSSR count). The summed E-state index contributed by atoms with van der Waals surface area (Å²) in [6, 6.07) is 6.31. The van der Waals surface area contributed by atoms with Gasteiger partial charge in [-0.3, -0.25) is 0 Å². The largest absolute Gasteiger partial charge is 0.493 e. The molecule has 0 aliphatic carbocycles. The molecule has 82 valence electrons. The van der Waals surface area contributed by atoms with Crippen molar-refractivity contribution >= 4 is 0 Å². The lowest BCUT2D eigenvalue weighted by atomic mass is 10.0. The van der Waals surface area contributed by atoms with E-state index in [0.29, 0.717) is 18.3 Å². The Morgan fingerprint density at radius 2 is 2.40 bits per heavy atom. The normalized spacial score (nSPS) is 21.3. The van der Waals surface area contributed by atoms with Gasteiger partial charge in [0.25, 0.3) is 0 Å². The lowest BCUT2D eigenvalue weighted by Crippen LogP contribution is -2.33. The Hall–Kier alpha value is -1.09. The number of nitrogens with one attached hydrogen (secondary N) is 1. The molecule has 0 unspecified atom stereocenters. The highest BCUT2D eigenvalue weighted by Gasteiger charge is 2.13. The van der Waals surface area contributed by atoms with Crippen LogP contribution in [-0.2, 0) is 0 Å². The van der Waals surface area contributed by atoms with E-state index in [1.54, 1.807) is 12.1 Å². The van der Waals surface area contributed by atoms with Gasteiger partial charge in [-0.15, -0.1) is 0 Å². The van der Waals surface area contributed by atoms with E-state index in [0.717, 1.165) is 13.1 Å². The SMILES string of the molecule is Fc1cccc(OC[C@H]2CCCNC2)c1. The summed E-state index contributed by atoms with van der Waals surface area (Å²) in [4.78, 5) is 0. The Labute approximate surface area is 89.4 Å². The standard InChI is InChI=1S/C12H16FNO/c13-11-4-1-5-12(7-11)15-9-10-3-2-6-14-8-10/h1,4-5,7,10,14H,2-3,6,8-9H2/t10-/m0/s1. The van der Waals surface area contributed by atoms with Crippen LogP contribution in [0.25, 0.3) is 0 Å². The number of benzene rings is 1. The molecular formula is C12H16FNO. The van der Waals surface area contributed by atoms with Crippen molar-refractivity contribution in [2.75, 3.05) is 19.7 Å². The summed E-state index contributed by atoms with van der Waals surface area (Å²) < 4.78 is 18.4. The average molecular weight is 209 g/mol. The number of hydrogen-bond donors (Lipinski definition) is 1. The van der Waals surface area contributed by atoms with Gasteiger partial charge in [-0.2, -0.15) is 0 Å². The maximum Gasteiger partial charge on any atom is 0.126 e. The lowest BCUT2D eigenvalue weighted by molar-refractivity contribution is 0.218. The van der Waals surface area contributed by atoms with Gasteiger partial charge in [0.15, 0.2) is 0 Å². The van der Waals surface area contributed by atoms with E-state index in [1.807, 2.05) is 0 Å². The Balaban J connectivity index is 1.81. The fourth-order valence-corrected chi connectivity index (χ4v) is 1.84. The molecular weight excluding hydrogens is 193 g/mol. The molecule has 1 atom stereocenters. The number of ether oxygens (including phenoxy) is 1. The first-order chi connectivity index (χ1) is 7.34. The number of rotatable bonds is 3. The van der Waals surface area contributed by atoms with Gasteiger partial charge in [0.2, 0.25) is 0 Å². The average Bonchev–Trinajstić information content (AvgIpc) is 2.28. The summed E-state index contributed by atoms with van der Waals surface area (Å²) in [6.45, 7) is 2.79. The third kappa shape index (κ3) is 3.20. The molecule has 1 aromatic rings. The second-order valence-electron chi connectivity index (χ2n) is 3.98. The van der Waals surface area contributed by atoms with Crippen molar-refractivity contribution < 1.29 is 9.13 Å². The van der Waals surface area contributed by atoms with Crippen LogP contribution < -0.4 is 10.1 Å². The fraction of sp³-hybridized carbons (Fsp3) is 0.500. The van der Waals surface area contributed by atoms with Gasteiger partial charge in [-0.25, -0.2) is 4.39 Å². The number of piperidine rings is 1. The van der Waals surface area contributed by atoms with E-state index in [4.69, 9.17) is 4.74 Å². The van der Waals surface area contributed by atoms with Crippen LogP contribution in [-0.4, -0.2) is 19.7 Å². The first-order valence-corrected chi connectivity index (χ1v) is 5.44. The predicted octanol–water partition coefficient (Wildman–Crippen LogP) is 2.20. The van der Waals surface area contributed by atoms with Crippen LogP contribution in [0.4, 0.5) is 4.39 Å². The fourth-order valence-electron chi connectivity index (χ4n) is 1.84. The van der Waals surface area contributed by atoms with Gasteiger partial charge in [0.05, 0.1) is 6.61 Å². The van der Waals surface area contributed by atoms with Crippen molar-refractivity contribution in [2.24, 2.45) is 5.92 Å². The highest BCUT2D eigenvalue weighted by molar-refractivity contribution is 5.22. The minimum absolute atomic E-state index is 0.241. The first-order valence-electron chi connectivity index (χ1n) is 5.44. The van der Waals surface area contributed by atoms with Crippen molar-refractivity contribution in [3.63, 3.8) is 0 Å². The summed E-state index contributed by atoms with van der Waals surface area (Å²) in [5.41, 5.74) is 0. The van der Waals surface area contributed by atoms with Gasteiger partial charge in [0, 0.05) is 18.5 Å². The third-order valence-electron chi connectivity index (χ3n) is 2.68. The highest BCUT2D eigenvalue weighted by Crippen LogP contribution is 2.15. The summed E-state index contributed by atoms with van der Waals surface area (Å²) in [7, 11) is 0. The van der Waals surface area contributed by atoms with E-state index >= 15 is 0 Å². The van der Waals surface area contributed by atoms with Crippen molar-refractivity contribution in [3.05, 3.63) is 30.1 Å². The molecule has 2 nitrogen and oxygen atoms in total. The Morgan fingerprint density at radius 3 is 3.13 bits per heavy atom. The van der Waals surface area contributed by atoms with E-state index < -0.39 is 0 Å². The van der Waals surface area contributed by atoms with Crippen LogP contribution in [0.15, 0.2) is 24.3 Å². The first kappa shape index (κ1) is 10.4. The molecule has 1 aromatic carbocycles. The molecule has 0 bridgehead atoms. The number of halogens is 1. The molecule has 0 saturated carbocycles. The molecule has 15 heavy (non-hydrogen) atoms. The second kappa shape index (κ2) is 5.12. The Morgan fingerprint density at radius 1 is 1.47 bits per heavy atom. The van der Waals surface area contributed by atoms with Gasteiger partial charge < -0.3 is 10.1 Å². The second-order valence-corrected chi connectivity index (χ2v) is 3.98. The maximum atomic E-state index is 12.8. The molecule has 1 N–H and O–H groups in total. The van der Waals surface area contributed by atoms with Crippen LogP contribution in [0.3, 0.4) is 0 Å². The molecule has 1 aliphatic heterocycles. The molecule has 0 spiro atoms. The predicted molar refractivity (Wildman–Crippen MR) is 57.5 cm³/mol. The third-order valence-corrected chi connectivity index (χ3v) is 2.68. The van der Waals surface area contributed by atoms with Gasteiger partial charge in [-0.1, -0.05) is 6.07 Å². The molecule has 1 fully saturated rings. The monoisotopic (exact) mass is 209 g/mol. The van der Waals surface area contributed by atoms with Gasteiger partial charge in [-0.05, 0) is 31.5 Å². The van der Waals surface area contributed by atoms with Crippen molar-refractivity contribution in [1.82, 2.24) is 5.32 Å². The highest BCUT2D eigenvalue weighted by atomic mass is 19.1. The Bertz CT molecular complexity index is 310. The summed E-state index contributed by atoms with van der Waals surface area (Å²) in [5.74, 6) is 0.942. The van der Waals surface area contributed by atoms with E-state index in [9.17, 15) is 4.39 Å². The molecule has 0 amide bonds. The topological polar surface area (TPSA) is 21.3 Å². The molecule has 1 aliphatic rings. The smallest absolute Gasteiger partial charge is 0.126 e. The van der Waals surface area contributed by atoms with Gasteiger partial charge >= 0.3 is 0 Å². The van der Waals surface area contributed by atoms with Crippen molar-refractivity contribution in [1.29, 1.82) is 0 Å². The minimum Gasteiger partial charge on any atom is -0.493 e. The Kier molecular flexibility index (Phi) is 3.56. The lowest BCUT2D eigenvalue weighted by Gasteiger charge is -2.22. The van der Waals surface area contributed by atoms with E-state index in [-0.39, 0.29) is 5.82 Å². The van der Waals surface area contributed by atoms with Crippen LogP contribution in [0.1, 0.15) is 12.8 Å². The zero-order valence-electron chi connectivity index (χ0n) is 8.71. The van der Waals surface area contributed by atoms with E-state index in [2.05, 4.69) is 5.32 Å². The van der Waals surface area contributed by atoms with Crippen LogP contribution in [0.2, 0.25) is 0 Å². The molecule has 0 radical (unpaired) electrons. The minimum atomic E-state index is -0.241. The number of hydrogen-bond acceptors (Lipinski definition) is 2.